The third-order valence-electron chi connectivity index (χ3n) is 3.21. The highest BCUT2D eigenvalue weighted by Gasteiger charge is 2.10. The molecule has 1 heterocycles. The number of anilines is 1. The molecular formula is C14H18Cl2N2. The number of aromatic nitrogens is 1. The number of unbranched alkanes of at least 4 members (excludes halogenated alkanes) is 3. The second-order valence-electron chi connectivity index (χ2n) is 4.53. The van der Waals surface area contributed by atoms with Crippen LogP contribution in [0.4, 0.5) is 5.69 Å². The molecule has 1 aromatic heterocycles. The standard InChI is InChI=1S/C14H18Cl2N2/c1-2-3-4-5-9-18-10-11(15)14-12(17-16)7-6-8-13(14)18/h6-8,10,17H,2-5,9H2,1H3. The predicted molar refractivity (Wildman–Crippen MR) is 80.6 cm³/mol. The summed E-state index contributed by atoms with van der Waals surface area (Å²) in [7, 11) is 0. The first-order chi connectivity index (χ1) is 8.77. The Morgan fingerprint density at radius 1 is 1.22 bits per heavy atom. The summed E-state index contributed by atoms with van der Waals surface area (Å²) in [6.07, 6.45) is 7.00. The molecule has 0 unspecified atom stereocenters. The Morgan fingerprint density at radius 2 is 2.06 bits per heavy atom. The van der Waals surface area contributed by atoms with Crippen LogP contribution in [0.25, 0.3) is 10.9 Å². The van der Waals surface area contributed by atoms with Crippen LogP contribution in [0.15, 0.2) is 24.4 Å². The van der Waals surface area contributed by atoms with Gasteiger partial charge >= 0.3 is 0 Å². The van der Waals surface area contributed by atoms with Gasteiger partial charge in [-0.15, -0.1) is 0 Å². The molecule has 0 saturated heterocycles. The van der Waals surface area contributed by atoms with E-state index in [0.29, 0.717) is 0 Å². The van der Waals surface area contributed by atoms with Gasteiger partial charge in [0, 0.05) is 29.9 Å². The lowest BCUT2D eigenvalue weighted by molar-refractivity contribution is 0.594. The van der Waals surface area contributed by atoms with E-state index in [1.807, 2.05) is 18.3 Å². The highest BCUT2D eigenvalue weighted by Crippen LogP contribution is 2.32. The van der Waals surface area contributed by atoms with Crippen molar-refractivity contribution in [3.8, 4) is 0 Å². The first-order valence-electron chi connectivity index (χ1n) is 6.42. The van der Waals surface area contributed by atoms with Crippen LogP contribution in [-0.2, 0) is 6.54 Å². The molecule has 0 amide bonds. The molecule has 1 N–H and O–H groups in total. The van der Waals surface area contributed by atoms with Gasteiger partial charge in [-0.25, -0.2) is 0 Å². The number of halogens is 2. The molecule has 98 valence electrons. The van der Waals surface area contributed by atoms with Gasteiger partial charge in [-0.1, -0.05) is 43.9 Å². The van der Waals surface area contributed by atoms with E-state index in [-0.39, 0.29) is 0 Å². The molecule has 0 atom stereocenters. The molecule has 1 aromatic carbocycles. The lowest BCUT2D eigenvalue weighted by Crippen LogP contribution is -1.96. The summed E-state index contributed by atoms with van der Waals surface area (Å²) in [5.74, 6) is 0. The van der Waals surface area contributed by atoms with E-state index in [0.717, 1.165) is 28.2 Å². The molecule has 0 bridgehead atoms. The van der Waals surface area contributed by atoms with E-state index in [4.69, 9.17) is 23.4 Å². The van der Waals surface area contributed by atoms with Crippen LogP contribution in [-0.4, -0.2) is 4.57 Å². The number of benzene rings is 1. The van der Waals surface area contributed by atoms with Crippen LogP contribution in [0.2, 0.25) is 5.02 Å². The molecule has 2 rings (SSSR count). The van der Waals surface area contributed by atoms with E-state index in [1.54, 1.807) is 0 Å². The van der Waals surface area contributed by atoms with Crippen molar-refractivity contribution in [1.82, 2.24) is 4.57 Å². The van der Waals surface area contributed by atoms with Crippen molar-refractivity contribution in [3.05, 3.63) is 29.4 Å². The van der Waals surface area contributed by atoms with Crippen molar-refractivity contribution in [3.63, 3.8) is 0 Å². The molecule has 0 radical (unpaired) electrons. The number of rotatable bonds is 6. The van der Waals surface area contributed by atoms with Crippen LogP contribution in [0, 0.1) is 0 Å². The molecule has 18 heavy (non-hydrogen) atoms. The first-order valence-corrected chi connectivity index (χ1v) is 7.17. The van der Waals surface area contributed by atoms with Gasteiger partial charge in [0.15, 0.2) is 0 Å². The average Bonchev–Trinajstić information content (AvgIpc) is 2.72. The second-order valence-corrected chi connectivity index (χ2v) is 5.12. The molecule has 0 aliphatic heterocycles. The van der Waals surface area contributed by atoms with Crippen molar-refractivity contribution >= 4 is 40.0 Å². The molecular weight excluding hydrogens is 267 g/mol. The summed E-state index contributed by atoms with van der Waals surface area (Å²) in [5.41, 5.74) is 2.01. The summed E-state index contributed by atoms with van der Waals surface area (Å²) in [4.78, 5) is 2.67. The minimum atomic E-state index is 0.754. The van der Waals surface area contributed by atoms with Gasteiger partial charge in [0.25, 0.3) is 0 Å². The zero-order valence-electron chi connectivity index (χ0n) is 10.5. The minimum Gasteiger partial charge on any atom is -0.346 e. The fourth-order valence-electron chi connectivity index (χ4n) is 2.27. The van der Waals surface area contributed by atoms with Crippen molar-refractivity contribution in [2.24, 2.45) is 0 Å². The Labute approximate surface area is 118 Å². The highest BCUT2D eigenvalue weighted by molar-refractivity contribution is 6.37. The van der Waals surface area contributed by atoms with Crippen LogP contribution in [0.1, 0.15) is 32.6 Å². The smallest absolute Gasteiger partial charge is 0.0682 e. The van der Waals surface area contributed by atoms with E-state index in [9.17, 15) is 0 Å². The van der Waals surface area contributed by atoms with Crippen molar-refractivity contribution in [1.29, 1.82) is 0 Å². The Bertz CT molecular complexity index is 520. The van der Waals surface area contributed by atoms with Gasteiger partial charge in [0.2, 0.25) is 0 Å². The third kappa shape index (κ3) is 2.76. The Kier molecular flexibility index (Phi) is 4.79. The van der Waals surface area contributed by atoms with Gasteiger partial charge in [0.1, 0.15) is 0 Å². The number of fused-ring (bicyclic) bond motifs is 1. The van der Waals surface area contributed by atoms with E-state index < -0.39 is 0 Å². The lowest BCUT2D eigenvalue weighted by atomic mass is 10.2. The number of aryl methyl sites for hydroxylation is 1. The maximum atomic E-state index is 6.28. The molecule has 4 heteroatoms. The summed E-state index contributed by atoms with van der Waals surface area (Å²) in [6, 6.07) is 6.01. The van der Waals surface area contributed by atoms with E-state index >= 15 is 0 Å². The summed E-state index contributed by atoms with van der Waals surface area (Å²) >= 11 is 12.0. The first kappa shape index (κ1) is 13.6. The van der Waals surface area contributed by atoms with Crippen molar-refractivity contribution in [2.75, 3.05) is 4.84 Å². The quantitative estimate of drug-likeness (QED) is 0.552. The third-order valence-corrected chi connectivity index (χ3v) is 3.70. The zero-order valence-corrected chi connectivity index (χ0v) is 12.1. The SMILES string of the molecule is CCCCCCn1cc(Cl)c2c(NCl)cccc21. The Morgan fingerprint density at radius 3 is 2.78 bits per heavy atom. The average molecular weight is 285 g/mol. The maximum Gasteiger partial charge on any atom is 0.0682 e. The monoisotopic (exact) mass is 284 g/mol. The highest BCUT2D eigenvalue weighted by atomic mass is 35.5. The maximum absolute atomic E-state index is 6.28. The molecule has 0 saturated carbocycles. The number of hydrogen-bond donors (Lipinski definition) is 1. The fraction of sp³-hybridized carbons (Fsp3) is 0.429. The number of nitrogens with zero attached hydrogens (tertiary/aromatic N) is 1. The fourth-order valence-corrected chi connectivity index (χ4v) is 2.75. The van der Waals surface area contributed by atoms with Gasteiger partial charge in [0.05, 0.1) is 16.2 Å². The molecule has 2 nitrogen and oxygen atoms in total. The van der Waals surface area contributed by atoms with Gasteiger partial charge < -0.3 is 4.57 Å². The topological polar surface area (TPSA) is 17.0 Å². The number of nitrogens with one attached hydrogen (secondary N) is 1. The number of hydrogen-bond acceptors (Lipinski definition) is 1. The summed E-state index contributed by atoms with van der Waals surface area (Å²) < 4.78 is 2.21. The zero-order chi connectivity index (χ0) is 13.0. The molecule has 0 aliphatic rings. The van der Waals surface area contributed by atoms with Gasteiger partial charge in [-0.05, 0) is 18.6 Å². The Hall–Kier alpha value is -0.860. The predicted octanol–water partition coefficient (Wildman–Crippen LogP) is 5.44. The molecule has 0 spiro atoms. The van der Waals surface area contributed by atoms with E-state index in [1.165, 1.54) is 25.7 Å². The largest absolute Gasteiger partial charge is 0.346 e. The normalized spacial score (nSPS) is 11.1. The molecule has 0 aliphatic carbocycles. The van der Waals surface area contributed by atoms with Crippen LogP contribution in [0.5, 0.6) is 0 Å². The minimum absolute atomic E-state index is 0.754. The Balaban J connectivity index is 2.24. The van der Waals surface area contributed by atoms with Crippen molar-refractivity contribution < 1.29 is 0 Å². The van der Waals surface area contributed by atoms with Crippen LogP contribution < -0.4 is 4.84 Å². The molecule has 0 fully saturated rings. The summed E-state index contributed by atoms with van der Waals surface area (Å²) in [6.45, 7) is 3.23. The van der Waals surface area contributed by atoms with Gasteiger partial charge in [-0.2, -0.15) is 0 Å². The van der Waals surface area contributed by atoms with Crippen LogP contribution in [0.3, 0.4) is 0 Å². The molecule has 2 aromatic rings. The second kappa shape index (κ2) is 6.35. The van der Waals surface area contributed by atoms with E-state index in [2.05, 4.69) is 22.4 Å². The van der Waals surface area contributed by atoms with Crippen LogP contribution >= 0.6 is 23.4 Å². The summed E-state index contributed by atoms with van der Waals surface area (Å²) in [5, 5.41) is 1.76. The van der Waals surface area contributed by atoms with Crippen molar-refractivity contribution in [2.45, 2.75) is 39.2 Å². The van der Waals surface area contributed by atoms with Gasteiger partial charge in [-0.3, -0.25) is 4.84 Å². The lowest BCUT2D eigenvalue weighted by Gasteiger charge is -2.06.